The Balaban J connectivity index is 2.02. The van der Waals surface area contributed by atoms with E-state index in [1.54, 1.807) is 12.1 Å². The van der Waals surface area contributed by atoms with Gasteiger partial charge in [0.2, 0.25) is 5.91 Å². The van der Waals surface area contributed by atoms with Crippen LogP contribution in [0.3, 0.4) is 0 Å². The van der Waals surface area contributed by atoms with Gasteiger partial charge in [-0.25, -0.2) is 0 Å². The minimum atomic E-state index is -4.50. The van der Waals surface area contributed by atoms with E-state index >= 15 is 0 Å². The van der Waals surface area contributed by atoms with Crippen molar-refractivity contribution in [3.8, 4) is 0 Å². The highest BCUT2D eigenvalue weighted by Gasteiger charge is 2.47. The lowest BCUT2D eigenvalue weighted by Gasteiger charge is -2.46. The third kappa shape index (κ3) is 2.85. The molecule has 2 atom stereocenters. The predicted molar refractivity (Wildman–Crippen MR) is 86.1 cm³/mol. The second kappa shape index (κ2) is 5.95. The summed E-state index contributed by atoms with van der Waals surface area (Å²) in [4.78, 5) is 13.4. The number of rotatable bonds is 2. The first kappa shape index (κ1) is 17.1. The Morgan fingerprint density at radius 1 is 1.08 bits per heavy atom. The fourth-order valence-corrected chi connectivity index (χ4v) is 3.23. The molecule has 2 N–H and O–H groups in total. The Labute approximate surface area is 145 Å². The van der Waals surface area contributed by atoms with Crippen LogP contribution < -0.4 is 10.6 Å². The van der Waals surface area contributed by atoms with Gasteiger partial charge < -0.3 is 10.6 Å². The minimum Gasteiger partial charge on any atom is -0.318 e. The van der Waals surface area contributed by atoms with Gasteiger partial charge in [0.15, 0.2) is 0 Å². The molecule has 8 heteroatoms. The molecule has 1 amide bonds. The predicted octanol–water partition coefficient (Wildman–Crippen LogP) is 4.43. The van der Waals surface area contributed by atoms with Crippen molar-refractivity contribution in [2.24, 2.45) is 5.73 Å². The van der Waals surface area contributed by atoms with Gasteiger partial charge in [0.05, 0.1) is 11.6 Å². The van der Waals surface area contributed by atoms with Crippen LogP contribution in [0.4, 0.5) is 18.9 Å². The lowest BCUT2D eigenvalue weighted by molar-refractivity contribution is -0.137. The summed E-state index contributed by atoms with van der Waals surface area (Å²) < 4.78 is 38.7. The quantitative estimate of drug-likeness (QED) is 0.790. The first-order chi connectivity index (χ1) is 11.2. The number of halogens is 5. The number of carbonyl (C=O) groups is 1. The standard InChI is InChI=1S/C16H11Cl2F3N2O/c17-9-4-5-11(12(18)7-9)14-13(22)15(24)23(14)10-3-1-2-8(6-10)16(19,20)21/h1-7,13-14H,22H2/t13-,14+/m1/s1. The van der Waals surface area contributed by atoms with E-state index in [9.17, 15) is 18.0 Å². The zero-order valence-electron chi connectivity index (χ0n) is 12.0. The van der Waals surface area contributed by atoms with Crippen molar-refractivity contribution < 1.29 is 18.0 Å². The summed E-state index contributed by atoms with van der Waals surface area (Å²) >= 11 is 12.0. The van der Waals surface area contributed by atoms with Crippen LogP contribution in [0.1, 0.15) is 17.2 Å². The lowest BCUT2D eigenvalue weighted by atomic mass is 9.88. The van der Waals surface area contributed by atoms with Gasteiger partial charge in [-0.15, -0.1) is 0 Å². The summed E-state index contributed by atoms with van der Waals surface area (Å²) in [5, 5.41) is 0.709. The van der Waals surface area contributed by atoms with Crippen LogP contribution >= 0.6 is 23.2 Å². The molecule has 1 saturated heterocycles. The average molecular weight is 375 g/mol. The number of anilines is 1. The van der Waals surface area contributed by atoms with Gasteiger partial charge in [-0.2, -0.15) is 13.2 Å². The van der Waals surface area contributed by atoms with Gasteiger partial charge in [-0.05, 0) is 35.9 Å². The van der Waals surface area contributed by atoms with Crippen molar-refractivity contribution >= 4 is 34.8 Å². The highest BCUT2D eigenvalue weighted by molar-refractivity contribution is 6.35. The third-order valence-electron chi connectivity index (χ3n) is 3.87. The highest BCUT2D eigenvalue weighted by Crippen LogP contribution is 2.42. The summed E-state index contributed by atoms with van der Waals surface area (Å²) in [5.41, 5.74) is 5.66. The zero-order chi connectivity index (χ0) is 17.6. The van der Waals surface area contributed by atoms with Crippen molar-refractivity contribution in [3.05, 3.63) is 63.6 Å². The molecule has 0 spiro atoms. The van der Waals surface area contributed by atoms with Crippen molar-refractivity contribution in [3.63, 3.8) is 0 Å². The molecule has 0 aliphatic carbocycles. The molecule has 126 valence electrons. The van der Waals surface area contributed by atoms with Crippen LogP contribution in [-0.2, 0) is 11.0 Å². The summed E-state index contributed by atoms with van der Waals surface area (Å²) in [6.45, 7) is 0. The fraction of sp³-hybridized carbons (Fsp3) is 0.188. The Bertz CT molecular complexity index is 810. The molecule has 1 aliphatic heterocycles. The molecule has 0 unspecified atom stereocenters. The van der Waals surface area contributed by atoms with Crippen LogP contribution in [0.2, 0.25) is 10.0 Å². The third-order valence-corrected chi connectivity index (χ3v) is 4.44. The molecule has 3 rings (SSSR count). The van der Waals surface area contributed by atoms with Crippen molar-refractivity contribution in [2.45, 2.75) is 18.3 Å². The molecular weight excluding hydrogens is 364 g/mol. The number of β-lactam (4-membered cyclic amide) rings is 1. The van der Waals surface area contributed by atoms with E-state index in [0.717, 1.165) is 12.1 Å². The summed E-state index contributed by atoms with van der Waals surface area (Å²) in [7, 11) is 0. The van der Waals surface area contributed by atoms with E-state index in [-0.39, 0.29) is 5.69 Å². The lowest BCUT2D eigenvalue weighted by Crippen LogP contribution is -2.63. The van der Waals surface area contributed by atoms with Gasteiger partial charge in [-0.3, -0.25) is 4.79 Å². The smallest absolute Gasteiger partial charge is 0.318 e. The number of nitrogens with two attached hydrogens (primary N) is 1. The molecule has 1 fully saturated rings. The molecule has 0 bridgehead atoms. The minimum absolute atomic E-state index is 0.118. The zero-order valence-corrected chi connectivity index (χ0v) is 13.5. The first-order valence-corrected chi connectivity index (χ1v) is 7.66. The monoisotopic (exact) mass is 374 g/mol. The molecule has 3 nitrogen and oxygen atoms in total. The number of alkyl halides is 3. The summed E-state index contributed by atoms with van der Waals surface area (Å²) in [6, 6.07) is 7.71. The molecule has 1 heterocycles. The van der Waals surface area contributed by atoms with Crippen LogP contribution in [0.5, 0.6) is 0 Å². The molecule has 2 aromatic rings. The topological polar surface area (TPSA) is 46.3 Å². The van der Waals surface area contributed by atoms with Crippen LogP contribution in [0.25, 0.3) is 0 Å². The molecule has 24 heavy (non-hydrogen) atoms. The van der Waals surface area contributed by atoms with Gasteiger partial charge in [0, 0.05) is 15.7 Å². The van der Waals surface area contributed by atoms with E-state index in [2.05, 4.69) is 0 Å². The van der Waals surface area contributed by atoms with Gasteiger partial charge in [0.25, 0.3) is 0 Å². The molecular formula is C16H11Cl2F3N2O. The van der Waals surface area contributed by atoms with E-state index < -0.39 is 29.7 Å². The van der Waals surface area contributed by atoms with E-state index in [4.69, 9.17) is 28.9 Å². The van der Waals surface area contributed by atoms with Gasteiger partial charge in [0.1, 0.15) is 6.04 Å². The molecule has 1 aliphatic rings. The van der Waals surface area contributed by atoms with Crippen molar-refractivity contribution in [2.75, 3.05) is 4.90 Å². The maximum Gasteiger partial charge on any atom is 0.416 e. The maximum atomic E-state index is 12.9. The Morgan fingerprint density at radius 2 is 1.79 bits per heavy atom. The number of carbonyl (C=O) groups excluding carboxylic acids is 1. The Kier molecular flexibility index (Phi) is 4.23. The number of hydrogen-bond donors (Lipinski definition) is 1. The van der Waals surface area contributed by atoms with E-state index in [1.807, 2.05) is 0 Å². The van der Waals surface area contributed by atoms with Crippen molar-refractivity contribution in [1.82, 2.24) is 0 Å². The van der Waals surface area contributed by atoms with Crippen molar-refractivity contribution in [1.29, 1.82) is 0 Å². The normalized spacial score (nSPS) is 20.9. The first-order valence-electron chi connectivity index (χ1n) is 6.91. The highest BCUT2D eigenvalue weighted by atomic mass is 35.5. The number of hydrogen-bond acceptors (Lipinski definition) is 2. The number of amides is 1. The second-order valence-corrected chi connectivity index (χ2v) is 6.24. The van der Waals surface area contributed by atoms with Gasteiger partial charge >= 0.3 is 6.18 Å². The fourth-order valence-electron chi connectivity index (χ4n) is 2.71. The Hall–Kier alpha value is -1.76. The maximum absolute atomic E-state index is 12.9. The molecule has 2 aromatic carbocycles. The van der Waals surface area contributed by atoms with E-state index in [1.165, 1.54) is 23.1 Å². The van der Waals surface area contributed by atoms with Crippen LogP contribution in [-0.4, -0.2) is 11.9 Å². The Morgan fingerprint density at radius 3 is 2.42 bits per heavy atom. The summed E-state index contributed by atoms with van der Waals surface area (Å²) in [6.07, 6.45) is -4.50. The largest absolute Gasteiger partial charge is 0.416 e. The molecule has 0 aromatic heterocycles. The van der Waals surface area contributed by atoms with Crippen LogP contribution in [0, 0.1) is 0 Å². The van der Waals surface area contributed by atoms with Gasteiger partial charge in [-0.1, -0.05) is 35.3 Å². The molecule has 0 radical (unpaired) electrons. The van der Waals surface area contributed by atoms with Crippen LogP contribution in [0.15, 0.2) is 42.5 Å². The number of nitrogens with zero attached hydrogens (tertiary/aromatic N) is 1. The molecule has 0 saturated carbocycles. The average Bonchev–Trinajstić information content (AvgIpc) is 2.52. The van der Waals surface area contributed by atoms with E-state index in [0.29, 0.717) is 15.6 Å². The SMILES string of the molecule is N[C@H]1C(=O)N(c2cccc(C(F)(F)F)c2)[C@H]1c1ccc(Cl)cc1Cl. The number of benzene rings is 2. The second-order valence-electron chi connectivity index (χ2n) is 5.39. The summed E-state index contributed by atoms with van der Waals surface area (Å²) in [5.74, 6) is -0.467.